The molecule has 0 N–H and O–H groups in total. The van der Waals surface area contributed by atoms with Crippen molar-refractivity contribution in [3.8, 4) is 0 Å². The minimum Gasteiger partial charge on any atom is -0.304 e. The molecule has 0 saturated heterocycles. The summed E-state index contributed by atoms with van der Waals surface area (Å²) >= 11 is 0. The first-order valence-electron chi connectivity index (χ1n) is 9.78. The monoisotopic (exact) mass is 336 g/mol. The Balaban J connectivity index is 1.68. The van der Waals surface area contributed by atoms with E-state index in [0.29, 0.717) is 6.04 Å². The molecule has 1 aliphatic rings. The number of rotatable bonds is 7. The maximum atomic E-state index is 2.70. The third-order valence-corrected chi connectivity index (χ3v) is 5.76. The molecule has 1 aliphatic carbocycles. The molecule has 2 aromatic rings. The van der Waals surface area contributed by atoms with Crippen LogP contribution in [0.1, 0.15) is 43.7 Å². The lowest BCUT2D eigenvalue weighted by atomic mass is 9.89. The summed E-state index contributed by atoms with van der Waals surface area (Å²) in [5.74, 6) is 0. The molecule has 0 aromatic heterocycles. The molecule has 1 saturated carbocycles. The SMILES string of the molecule is CCN(C)C1CCC(N(Cc2ccccc2)Cc2ccccc2)CC1. The normalized spacial score (nSPS) is 21.0. The molecule has 1 fully saturated rings. The van der Waals surface area contributed by atoms with E-state index in [2.05, 4.69) is 84.4 Å². The van der Waals surface area contributed by atoms with E-state index in [1.54, 1.807) is 0 Å². The Morgan fingerprint density at radius 3 is 1.60 bits per heavy atom. The Labute approximate surface area is 153 Å². The molecule has 25 heavy (non-hydrogen) atoms. The second-order valence-electron chi connectivity index (χ2n) is 7.41. The minimum absolute atomic E-state index is 0.696. The van der Waals surface area contributed by atoms with E-state index in [-0.39, 0.29) is 0 Å². The van der Waals surface area contributed by atoms with Crippen LogP contribution in [0.4, 0.5) is 0 Å². The van der Waals surface area contributed by atoms with Gasteiger partial charge in [-0.1, -0.05) is 67.6 Å². The fourth-order valence-electron chi connectivity index (χ4n) is 4.07. The molecule has 0 bridgehead atoms. The summed E-state index contributed by atoms with van der Waals surface area (Å²) in [5, 5.41) is 0. The van der Waals surface area contributed by atoms with E-state index in [9.17, 15) is 0 Å². The van der Waals surface area contributed by atoms with Crippen LogP contribution in [0.3, 0.4) is 0 Å². The van der Waals surface area contributed by atoms with Gasteiger partial charge in [-0.15, -0.1) is 0 Å². The van der Waals surface area contributed by atoms with Gasteiger partial charge in [-0.2, -0.15) is 0 Å². The summed E-state index contributed by atoms with van der Waals surface area (Å²) in [6, 6.07) is 23.3. The van der Waals surface area contributed by atoms with E-state index in [0.717, 1.165) is 25.7 Å². The molecule has 0 heterocycles. The first kappa shape index (κ1) is 18.2. The van der Waals surface area contributed by atoms with Crippen LogP contribution in [0.25, 0.3) is 0 Å². The highest BCUT2D eigenvalue weighted by atomic mass is 15.2. The summed E-state index contributed by atoms with van der Waals surface area (Å²) in [6.07, 6.45) is 5.29. The van der Waals surface area contributed by atoms with Crippen molar-refractivity contribution in [1.82, 2.24) is 9.80 Å². The topological polar surface area (TPSA) is 6.48 Å². The number of hydrogen-bond donors (Lipinski definition) is 0. The van der Waals surface area contributed by atoms with Crippen LogP contribution >= 0.6 is 0 Å². The summed E-state index contributed by atoms with van der Waals surface area (Å²) in [5.41, 5.74) is 2.84. The third-order valence-electron chi connectivity index (χ3n) is 5.76. The van der Waals surface area contributed by atoms with E-state index < -0.39 is 0 Å². The van der Waals surface area contributed by atoms with Gasteiger partial charge in [0, 0.05) is 25.2 Å². The summed E-state index contributed by atoms with van der Waals surface area (Å²) in [4.78, 5) is 5.22. The smallest absolute Gasteiger partial charge is 0.0240 e. The van der Waals surface area contributed by atoms with E-state index in [1.807, 2.05) is 0 Å². The van der Waals surface area contributed by atoms with Crippen LogP contribution in [0, 0.1) is 0 Å². The Morgan fingerprint density at radius 2 is 1.16 bits per heavy atom. The number of nitrogens with zero attached hydrogens (tertiary/aromatic N) is 2. The van der Waals surface area contributed by atoms with Crippen molar-refractivity contribution < 1.29 is 0 Å². The van der Waals surface area contributed by atoms with Crippen LogP contribution < -0.4 is 0 Å². The number of benzene rings is 2. The molecular formula is C23H32N2. The second-order valence-corrected chi connectivity index (χ2v) is 7.41. The molecule has 2 heteroatoms. The Morgan fingerprint density at radius 1 is 0.720 bits per heavy atom. The lowest BCUT2D eigenvalue weighted by Gasteiger charge is -2.39. The molecule has 2 nitrogen and oxygen atoms in total. The Kier molecular flexibility index (Phi) is 6.66. The van der Waals surface area contributed by atoms with E-state index >= 15 is 0 Å². The van der Waals surface area contributed by atoms with Crippen molar-refractivity contribution in [3.63, 3.8) is 0 Å². The van der Waals surface area contributed by atoms with Crippen molar-refractivity contribution >= 4 is 0 Å². The molecule has 134 valence electrons. The van der Waals surface area contributed by atoms with Gasteiger partial charge in [0.25, 0.3) is 0 Å². The second kappa shape index (κ2) is 9.17. The van der Waals surface area contributed by atoms with Crippen molar-refractivity contribution in [3.05, 3.63) is 71.8 Å². The minimum atomic E-state index is 0.696. The zero-order chi connectivity index (χ0) is 17.5. The first-order chi connectivity index (χ1) is 12.3. The van der Waals surface area contributed by atoms with Crippen molar-refractivity contribution in [2.75, 3.05) is 13.6 Å². The summed E-state index contributed by atoms with van der Waals surface area (Å²) in [7, 11) is 2.27. The third kappa shape index (κ3) is 5.17. The molecule has 0 amide bonds. The van der Waals surface area contributed by atoms with Gasteiger partial charge in [0.15, 0.2) is 0 Å². The van der Waals surface area contributed by atoms with Gasteiger partial charge in [0.1, 0.15) is 0 Å². The average Bonchev–Trinajstić information content (AvgIpc) is 2.68. The maximum absolute atomic E-state index is 2.70. The van der Waals surface area contributed by atoms with Gasteiger partial charge in [-0.25, -0.2) is 0 Å². The van der Waals surface area contributed by atoms with Gasteiger partial charge in [0.2, 0.25) is 0 Å². The van der Waals surface area contributed by atoms with Crippen molar-refractivity contribution in [1.29, 1.82) is 0 Å². The molecule has 3 rings (SSSR count). The maximum Gasteiger partial charge on any atom is 0.0240 e. The molecule has 2 aromatic carbocycles. The molecule has 0 spiro atoms. The highest BCUT2D eigenvalue weighted by Gasteiger charge is 2.27. The van der Waals surface area contributed by atoms with Crippen LogP contribution in [-0.4, -0.2) is 35.5 Å². The van der Waals surface area contributed by atoms with Gasteiger partial charge in [0.05, 0.1) is 0 Å². The zero-order valence-corrected chi connectivity index (χ0v) is 15.8. The Bertz CT molecular complexity index is 561. The lowest BCUT2D eigenvalue weighted by Crippen LogP contribution is -2.42. The highest BCUT2D eigenvalue weighted by molar-refractivity contribution is 5.17. The molecule has 0 atom stereocenters. The van der Waals surface area contributed by atoms with Crippen molar-refractivity contribution in [2.45, 2.75) is 57.8 Å². The molecule has 0 unspecified atom stereocenters. The lowest BCUT2D eigenvalue weighted by molar-refractivity contribution is 0.0991. The summed E-state index contributed by atoms with van der Waals surface area (Å²) in [6.45, 7) is 5.53. The van der Waals surface area contributed by atoms with Crippen LogP contribution in [0.15, 0.2) is 60.7 Å². The molecular weight excluding hydrogens is 304 g/mol. The highest BCUT2D eigenvalue weighted by Crippen LogP contribution is 2.28. The average molecular weight is 337 g/mol. The largest absolute Gasteiger partial charge is 0.304 e. The number of hydrogen-bond acceptors (Lipinski definition) is 2. The van der Waals surface area contributed by atoms with Gasteiger partial charge in [-0.05, 0) is 50.4 Å². The van der Waals surface area contributed by atoms with Crippen LogP contribution in [0.2, 0.25) is 0 Å². The zero-order valence-electron chi connectivity index (χ0n) is 15.8. The molecule has 0 aliphatic heterocycles. The van der Waals surface area contributed by atoms with Crippen molar-refractivity contribution in [2.24, 2.45) is 0 Å². The predicted octanol–water partition coefficient (Wildman–Crippen LogP) is 4.95. The quantitative estimate of drug-likeness (QED) is 0.706. The van der Waals surface area contributed by atoms with E-state index in [1.165, 1.54) is 36.8 Å². The van der Waals surface area contributed by atoms with Gasteiger partial charge >= 0.3 is 0 Å². The van der Waals surface area contributed by atoms with Crippen LogP contribution in [-0.2, 0) is 13.1 Å². The summed E-state index contributed by atoms with van der Waals surface area (Å²) < 4.78 is 0. The van der Waals surface area contributed by atoms with Crippen LogP contribution in [0.5, 0.6) is 0 Å². The van der Waals surface area contributed by atoms with Gasteiger partial charge in [-0.3, -0.25) is 4.90 Å². The Hall–Kier alpha value is -1.64. The molecule has 0 radical (unpaired) electrons. The fourth-order valence-corrected chi connectivity index (χ4v) is 4.07. The fraction of sp³-hybridized carbons (Fsp3) is 0.478. The van der Waals surface area contributed by atoms with Gasteiger partial charge < -0.3 is 4.90 Å². The predicted molar refractivity (Wildman–Crippen MR) is 106 cm³/mol. The van der Waals surface area contributed by atoms with E-state index in [4.69, 9.17) is 0 Å². The standard InChI is InChI=1S/C23H32N2/c1-3-24(2)22-14-16-23(17-15-22)25(18-20-10-6-4-7-11-20)19-21-12-8-5-9-13-21/h4-13,22-23H,3,14-19H2,1-2H3. The first-order valence-corrected chi connectivity index (χ1v) is 9.78.